The third-order valence-electron chi connectivity index (χ3n) is 2.10. The lowest BCUT2D eigenvalue weighted by atomic mass is 10.1. The summed E-state index contributed by atoms with van der Waals surface area (Å²) in [5.41, 5.74) is 0.124. The summed E-state index contributed by atoms with van der Waals surface area (Å²) in [6.07, 6.45) is -1.82. The van der Waals surface area contributed by atoms with Gasteiger partial charge in [-0.25, -0.2) is 4.79 Å². The van der Waals surface area contributed by atoms with Crippen LogP contribution in [0, 0.1) is 0 Å². The number of unbranched alkanes of at least 4 members (excludes halogenated alkanes) is 1. The van der Waals surface area contributed by atoms with E-state index < -0.39 is 41.1 Å². The number of alkyl halides is 4. The normalized spacial score (nSPS) is 14.0. The molecule has 1 unspecified atom stereocenters. The number of hydrogen-bond acceptors (Lipinski definition) is 4. The molecule has 0 saturated carbocycles. The summed E-state index contributed by atoms with van der Waals surface area (Å²) in [7, 11) is 0. The van der Waals surface area contributed by atoms with Crippen LogP contribution in [0.4, 0.5) is 17.6 Å². The quantitative estimate of drug-likeness (QED) is 0.227. The Hall–Kier alpha value is -0.960. The molecule has 0 rings (SSSR count). The number of carbonyl (C=O) groups is 1. The minimum absolute atomic E-state index is 0.0871. The van der Waals surface area contributed by atoms with Gasteiger partial charge in [-0.1, -0.05) is 6.58 Å². The van der Waals surface area contributed by atoms with Gasteiger partial charge < -0.3 is 9.29 Å². The number of halogens is 4. The molecule has 0 aromatic heterocycles. The Morgan fingerprint density at radius 2 is 1.84 bits per heavy atom. The maximum atomic E-state index is 12.9. The highest BCUT2D eigenvalue weighted by Gasteiger charge is 2.56. The summed E-state index contributed by atoms with van der Waals surface area (Å²) in [5, 5.41) is -5.11. The summed E-state index contributed by atoms with van der Waals surface area (Å²) in [5.74, 6) is -5.37. The summed E-state index contributed by atoms with van der Waals surface area (Å²) in [6.45, 7) is 4.44. The predicted molar refractivity (Wildman–Crippen MR) is 58.4 cm³/mol. The molecule has 0 amide bonds. The fourth-order valence-corrected chi connectivity index (χ4v) is 1.35. The third kappa shape index (κ3) is 5.27. The van der Waals surface area contributed by atoms with Gasteiger partial charge in [0.15, 0.2) is 0 Å². The first kappa shape index (κ1) is 18.0. The molecule has 0 saturated heterocycles. The first-order valence-electron chi connectivity index (χ1n) is 5.20. The molecule has 1 atom stereocenters. The van der Waals surface area contributed by atoms with Crippen LogP contribution >= 0.6 is 0 Å². The van der Waals surface area contributed by atoms with E-state index >= 15 is 0 Å². The molecule has 0 spiro atoms. The van der Waals surface area contributed by atoms with Crippen molar-refractivity contribution in [2.45, 2.75) is 37.4 Å². The van der Waals surface area contributed by atoms with Gasteiger partial charge in [-0.05, 0) is 19.8 Å². The van der Waals surface area contributed by atoms with Crippen molar-refractivity contribution >= 4 is 17.0 Å². The molecular formula is C10H13F4O4S-. The van der Waals surface area contributed by atoms with E-state index in [2.05, 4.69) is 11.3 Å². The molecular weight excluding hydrogens is 292 g/mol. The third-order valence-corrected chi connectivity index (χ3v) is 2.82. The van der Waals surface area contributed by atoms with E-state index in [1.165, 1.54) is 6.92 Å². The Balaban J connectivity index is 4.11. The van der Waals surface area contributed by atoms with Crippen LogP contribution in [0.25, 0.3) is 0 Å². The number of ether oxygens (including phenoxy) is 1. The van der Waals surface area contributed by atoms with Crippen molar-refractivity contribution in [3.05, 3.63) is 12.2 Å². The van der Waals surface area contributed by atoms with E-state index in [-0.39, 0.29) is 18.6 Å². The van der Waals surface area contributed by atoms with Crippen LogP contribution in [0.1, 0.15) is 26.2 Å². The van der Waals surface area contributed by atoms with Gasteiger partial charge in [0, 0.05) is 23.1 Å². The maximum Gasteiger partial charge on any atom is 0.371 e. The Kier molecular flexibility index (Phi) is 6.64. The lowest BCUT2D eigenvalue weighted by Gasteiger charge is -2.27. The van der Waals surface area contributed by atoms with Gasteiger partial charge in [0.2, 0.25) is 0 Å². The molecule has 0 bridgehead atoms. The molecule has 0 aliphatic carbocycles. The lowest BCUT2D eigenvalue weighted by molar-refractivity contribution is -0.162. The molecule has 19 heavy (non-hydrogen) atoms. The number of carbonyl (C=O) groups excluding carboxylic acids is 1. The molecule has 0 fully saturated rings. The van der Waals surface area contributed by atoms with Crippen molar-refractivity contribution in [3.63, 3.8) is 0 Å². The Morgan fingerprint density at radius 1 is 1.32 bits per heavy atom. The average Bonchev–Trinajstić information content (AvgIpc) is 2.27. The lowest BCUT2D eigenvalue weighted by Crippen LogP contribution is -2.43. The molecule has 9 heteroatoms. The van der Waals surface area contributed by atoms with Crippen molar-refractivity contribution in [1.82, 2.24) is 0 Å². The maximum absolute atomic E-state index is 12.9. The van der Waals surface area contributed by atoms with Crippen LogP contribution in [0.2, 0.25) is 0 Å². The van der Waals surface area contributed by atoms with Crippen molar-refractivity contribution < 1.29 is 35.9 Å². The van der Waals surface area contributed by atoms with E-state index in [1.807, 2.05) is 0 Å². The van der Waals surface area contributed by atoms with E-state index in [9.17, 15) is 31.1 Å². The largest absolute Gasteiger partial charge is 0.768 e. The predicted octanol–water partition coefficient (Wildman–Crippen LogP) is 2.38. The number of esters is 1. The number of hydrogen-bond donors (Lipinski definition) is 0. The minimum Gasteiger partial charge on any atom is -0.768 e. The standard InChI is InChI=1S/C10H14F4O4S/c1-7(2)8(15)18-6-4-3-5-9(11,12)10(13,14)19(16)17/h1,3-6H2,2H3,(H,16,17)/p-1. The summed E-state index contributed by atoms with van der Waals surface area (Å²) in [6, 6.07) is 0. The highest BCUT2D eigenvalue weighted by Crippen LogP contribution is 2.39. The van der Waals surface area contributed by atoms with Crippen LogP contribution in [0.5, 0.6) is 0 Å². The van der Waals surface area contributed by atoms with Gasteiger partial charge in [0.25, 0.3) is 0 Å². The van der Waals surface area contributed by atoms with Crippen LogP contribution in [-0.2, 0) is 20.6 Å². The molecule has 4 nitrogen and oxygen atoms in total. The van der Waals surface area contributed by atoms with Crippen molar-refractivity contribution in [2.24, 2.45) is 0 Å². The molecule has 0 radical (unpaired) electrons. The first-order chi connectivity index (χ1) is 8.52. The first-order valence-corrected chi connectivity index (χ1v) is 6.27. The van der Waals surface area contributed by atoms with Gasteiger partial charge in [-0.15, -0.1) is 0 Å². The fourth-order valence-electron chi connectivity index (χ4n) is 1.00. The topological polar surface area (TPSA) is 66.4 Å². The zero-order valence-electron chi connectivity index (χ0n) is 10.1. The summed E-state index contributed by atoms with van der Waals surface area (Å²) >= 11 is -4.20. The van der Waals surface area contributed by atoms with Crippen molar-refractivity contribution in [1.29, 1.82) is 0 Å². The smallest absolute Gasteiger partial charge is 0.371 e. The zero-order valence-corrected chi connectivity index (χ0v) is 10.9. The summed E-state index contributed by atoms with van der Waals surface area (Å²) < 4.78 is 75.6. The summed E-state index contributed by atoms with van der Waals surface area (Å²) in [4.78, 5) is 10.9. The van der Waals surface area contributed by atoms with Crippen LogP contribution in [-0.4, -0.2) is 32.5 Å². The second-order valence-corrected chi connectivity index (χ2v) is 4.81. The van der Waals surface area contributed by atoms with Crippen LogP contribution in [0.3, 0.4) is 0 Å². The SMILES string of the molecule is C=C(C)C(=O)OCCCCC(F)(F)C(F)(F)S(=O)[O-]. The molecule has 0 aromatic rings. The fraction of sp³-hybridized carbons (Fsp3) is 0.700. The van der Waals surface area contributed by atoms with Crippen molar-refractivity contribution in [2.75, 3.05) is 6.61 Å². The van der Waals surface area contributed by atoms with Gasteiger partial charge in [-0.2, -0.15) is 17.6 Å². The van der Waals surface area contributed by atoms with Gasteiger partial charge in [0.1, 0.15) is 0 Å². The molecule has 0 N–H and O–H groups in total. The van der Waals surface area contributed by atoms with Gasteiger partial charge in [0.05, 0.1) is 6.61 Å². The van der Waals surface area contributed by atoms with E-state index in [0.29, 0.717) is 0 Å². The molecule has 112 valence electrons. The van der Waals surface area contributed by atoms with Crippen LogP contribution < -0.4 is 0 Å². The average molecular weight is 305 g/mol. The number of rotatable bonds is 8. The van der Waals surface area contributed by atoms with Gasteiger partial charge in [-0.3, -0.25) is 4.21 Å². The highest BCUT2D eigenvalue weighted by atomic mass is 32.2. The van der Waals surface area contributed by atoms with E-state index in [4.69, 9.17) is 0 Å². The molecule has 0 aliphatic heterocycles. The second kappa shape index (κ2) is 6.99. The molecule has 0 aromatic carbocycles. The highest BCUT2D eigenvalue weighted by molar-refractivity contribution is 7.80. The second-order valence-electron chi connectivity index (χ2n) is 3.83. The zero-order chi connectivity index (χ0) is 15.3. The molecule has 0 aliphatic rings. The monoisotopic (exact) mass is 305 g/mol. The van der Waals surface area contributed by atoms with E-state index in [1.54, 1.807) is 0 Å². The van der Waals surface area contributed by atoms with Crippen LogP contribution in [0.15, 0.2) is 12.2 Å². The van der Waals surface area contributed by atoms with Gasteiger partial charge >= 0.3 is 17.1 Å². The minimum atomic E-state index is -5.11. The Labute approximate surface area is 110 Å². The molecule has 0 heterocycles. The Bertz CT molecular complexity index is 371. The van der Waals surface area contributed by atoms with Crippen molar-refractivity contribution in [3.8, 4) is 0 Å². The Morgan fingerprint density at radius 3 is 2.26 bits per heavy atom. The van der Waals surface area contributed by atoms with E-state index in [0.717, 1.165) is 0 Å².